The van der Waals surface area contributed by atoms with Gasteiger partial charge in [0.15, 0.2) is 5.78 Å². The Kier molecular flexibility index (Phi) is 3.97. The van der Waals surface area contributed by atoms with E-state index in [1.54, 1.807) is 6.92 Å². The average Bonchev–Trinajstić information content (AvgIpc) is 2.66. The maximum absolute atomic E-state index is 11.8. The first kappa shape index (κ1) is 12.0. The highest BCUT2D eigenvalue weighted by atomic mass is 35.5. The van der Waals surface area contributed by atoms with Crippen LogP contribution in [0.2, 0.25) is 4.34 Å². The third-order valence-corrected chi connectivity index (χ3v) is 4.05. The molecule has 1 N–H and O–H groups in total. The van der Waals surface area contributed by atoms with E-state index in [0.29, 0.717) is 0 Å². The van der Waals surface area contributed by atoms with Crippen LogP contribution in [0.25, 0.3) is 0 Å². The largest absolute Gasteiger partial charge is 0.314 e. The zero-order valence-electron chi connectivity index (χ0n) is 9.20. The molecule has 0 aliphatic carbocycles. The molecule has 0 amide bonds. The Morgan fingerprint density at radius 1 is 1.50 bits per heavy atom. The summed E-state index contributed by atoms with van der Waals surface area (Å²) in [6.45, 7) is 5.38. The van der Waals surface area contributed by atoms with Crippen LogP contribution in [0, 0.1) is 0 Å². The maximum atomic E-state index is 11.8. The quantitative estimate of drug-likeness (QED) is 0.899. The summed E-state index contributed by atoms with van der Waals surface area (Å²) in [5.41, 5.74) is 0. The van der Waals surface area contributed by atoms with Crippen molar-refractivity contribution < 1.29 is 4.79 Å². The van der Waals surface area contributed by atoms with Crippen LogP contribution in [-0.2, 0) is 4.79 Å². The Bertz CT molecular complexity index is 374. The first-order chi connectivity index (χ1) is 7.68. The van der Waals surface area contributed by atoms with Crippen molar-refractivity contribution in [3.05, 3.63) is 21.3 Å². The smallest absolute Gasteiger partial charge is 0.152 e. The minimum Gasteiger partial charge on any atom is -0.314 e. The predicted octanol–water partition coefficient (Wildman–Crippen LogP) is 1.94. The zero-order valence-corrected chi connectivity index (χ0v) is 10.8. The molecule has 16 heavy (non-hydrogen) atoms. The summed E-state index contributed by atoms with van der Waals surface area (Å²) < 4.78 is 0.747. The molecule has 1 aliphatic rings. The third kappa shape index (κ3) is 2.63. The fraction of sp³-hybridized carbons (Fsp3) is 0.545. The Morgan fingerprint density at radius 2 is 2.19 bits per heavy atom. The molecule has 1 fully saturated rings. The number of carbonyl (C=O) groups excluding carboxylic acids is 1. The summed E-state index contributed by atoms with van der Waals surface area (Å²) in [6.07, 6.45) is 0. The Balaban J connectivity index is 2.19. The number of nitrogens with zero attached hydrogens (tertiary/aromatic N) is 1. The van der Waals surface area contributed by atoms with Crippen molar-refractivity contribution in [1.29, 1.82) is 0 Å². The second-order valence-corrected chi connectivity index (χ2v) is 5.69. The Morgan fingerprint density at radius 3 is 2.69 bits per heavy atom. The highest BCUT2D eigenvalue weighted by molar-refractivity contribution is 7.16. The molecule has 1 atom stereocenters. The van der Waals surface area contributed by atoms with Crippen molar-refractivity contribution in [3.63, 3.8) is 0 Å². The zero-order chi connectivity index (χ0) is 11.5. The molecule has 0 spiro atoms. The second-order valence-electron chi connectivity index (χ2n) is 3.94. The summed E-state index contributed by atoms with van der Waals surface area (Å²) in [5.74, 6) is 0.195. The SMILES string of the molecule is CC(=O)C(c1ccc(Cl)s1)N1CCNCC1. The molecular formula is C11H15ClN2OS. The van der Waals surface area contributed by atoms with E-state index in [1.807, 2.05) is 12.1 Å². The van der Waals surface area contributed by atoms with E-state index in [2.05, 4.69) is 10.2 Å². The van der Waals surface area contributed by atoms with Gasteiger partial charge in [0.1, 0.15) is 6.04 Å². The fourth-order valence-corrected chi connectivity index (χ4v) is 3.31. The molecule has 0 radical (unpaired) electrons. The lowest BCUT2D eigenvalue weighted by atomic mass is 10.1. The maximum Gasteiger partial charge on any atom is 0.152 e. The minimum absolute atomic E-state index is 0.111. The molecule has 0 saturated carbocycles. The lowest BCUT2D eigenvalue weighted by Gasteiger charge is -2.32. The number of hydrogen-bond donors (Lipinski definition) is 1. The van der Waals surface area contributed by atoms with Gasteiger partial charge in [-0.2, -0.15) is 0 Å². The Labute approximate surface area is 104 Å². The van der Waals surface area contributed by atoms with E-state index in [9.17, 15) is 4.79 Å². The monoisotopic (exact) mass is 258 g/mol. The number of halogens is 1. The number of piperazine rings is 1. The van der Waals surface area contributed by atoms with E-state index in [-0.39, 0.29) is 11.8 Å². The second kappa shape index (κ2) is 5.27. The topological polar surface area (TPSA) is 32.3 Å². The van der Waals surface area contributed by atoms with E-state index in [4.69, 9.17) is 11.6 Å². The summed E-state index contributed by atoms with van der Waals surface area (Å²) in [7, 11) is 0. The van der Waals surface area contributed by atoms with Crippen molar-refractivity contribution in [1.82, 2.24) is 10.2 Å². The van der Waals surface area contributed by atoms with Gasteiger partial charge >= 0.3 is 0 Å². The molecule has 1 unspecified atom stereocenters. The summed E-state index contributed by atoms with van der Waals surface area (Å²) in [6, 6.07) is 3.71. The van der Waals surface area contributed by atoms with Crippen LogP contribution in [0.15, 0.2) is 12.1 Å². The molecule has 1 aliphatic heterocycles. The summed E-state index contributed by atoms with van der Waals surface area (Å²) >= 11 is 7.42. The van der Waals surface area contributed by atoms with Crippen molar-refractivity contribution in [2.75, 3.05) is 26.2 Å². The predicted molar refractivity (Wildman–Crippen MR) is 67.2 cm³/mol. The molecule has 5 heteroatoms. The minimum atomic E-state index is -0.111. The molecule has 88 valence electrons. The molecule has 0 bridgehead atoms. The lowest BCUT2D eigenvalue weighted by Crippen LogP contribution is -2.46. The van der Waals surface area contributed by atoms with Crippen molar-refractivity contribution in [2.45, 2.75) is 13.0 Å². The van der Waals surface area contributed by atoms with Crippen LogP contribution in [-0.4, -0.2) is 36.9 Å². The van der Waals surface area contributed by atoms with Gasteiger partial charge in [-0.3, -0.25) is 9.69 Å². The van der Waals surface area contributed by atoms with E-state index >= 15 is 0 Å². The van der Waals surface area contributed by atoms with Crippen LogP contribution in [0.1, 0.15) is 17.8 Å². The highest BCUT2D eigenvalue weighted by Gasteiger charge is 2.26. The average molecular weight is 259 g/mol. The third-order valence-electron chi connectivity index (χ3n) is 2.77. The lowest BCUT2D eigenvalue weighted by molar-refractivity contribution is -0.122. The Hall–Kier alpha value is -0.420. The van der Waals surface area contributed by atoms with Gasteiger partial charge in [-0.15, -0.1) is 11.3 Å². The first-order valence-corrected chi connectivity index (χ1v) is 6.58. The number of nitrogens with one attached hydrogen (secondary N) is 1. The molecule has 3 nitrogen and oxygen atoms in total. The van der Waals surface area contributed by atoms with E-state index in [0.717, 1.165) is 35.4 Å². The molecular weight excluding hydrogens is 244 g/mol. The van der Waals surface area contributed by atoms with Gasteiger partial charge in [-0.25, -0.2) is 0 Å². The molecule has 0 aromatic carbocycles. The molecule has 1 aromatic heterocycles. The molecule has 1 saturated heterocycles. The number of ketones is 1. The highest BCUT2D eigenvalue weighted by Crippen LogP contribution is 2.31. The standard InChI is InChI=1S/C11H15ClN2OS/c1-8(15)11(9-2-3-10(12)16-9)14-6-4-13-5-7-14/h2-3,11,13H,4-7H2,1H3. The van der Waals surface area contributed by atoms with Gasteiger partial charge in [-0.05, 0) is 19.1 Å². The van der Waals surface area contributed by atoms with Crippen LogP contribution in [0.5, 0.6) is 0 Å². The number of Topliss-reactive ketones (excluding diaryl/α,β-unsaturated/α-hetero) is 1. The number of hydrogen-bond acceptors (Lipinski definition) is 4. The van der Waals surface area contributed by atoms with Crippen molar-refractivity contribution in [3.8, 4) is 0 Å². The first-order valence-electron chi connectivity index (χ1n) is 5.39. The molecule has 2 heterocycles. The van der Waals surface area contributed by atoms with Crippen molar-refractivity contribution in [2.24, 2.45) is 0 Å². The normalized spacial score (nSPS) is 19.6. The molecule has 2 rings (SSSR count). The fourth-order valence-electron chi connectivity index (χ4n) is 2.05. The van der Waals surface area contributed by atoms with Gasteiger partial charge in [-0.1, -0.05) is 11.6 Å². The van der Waals surface area contributed by atoms with Gasteiger partial charge in [0.05, 0.1) is 4.34 Å². The number of thiophene rings is 1. The van der Waals surface area contributed by atoms with E-state index in [1.165, 1.54) is 11.3 Å². The number of carbonyl (C=O) groups is 1. The van der Waals surface area contributed by atoms with Crippen molar-refractivity contribution >= 4 is 28.7 Å². The van der Waals surface area contributed by atoms with Gasteiger partial charge < -0.3 is 5.32 Å². The molecule has 1 aromatic rings. The summed E-state index contributed by atoms with van der Waals surface area (Å²) in [4.78, 5) is 15.0. The number of rotatable bonds is 3. The van der Waals surface area contributed by atoms with Crippen LogP contribution >= 0.6 is 22.9 Å². The van der Waals surface area contributed by atoms with Crippen LogP contribution in [0.3, 0.4) is 0 Å². The van der Waals surface area contributed by atoms with E-state index < -0.39 is 0 Å². The van der Waals surface area contributed by atoms with Gasteiger partial charge in [0, 0.05) is 31.1 Å². The van der Waals surface area contributed by atoms with Crippen LogP contribution in [0.4, 0.5) is 0 Å². The van der Waals surface area contributed by atoms with Crippen LogP contribution < -0.4 is 5.32 Å². The van der Waals surface area contributed by atoms with Gasteiger partial charge in [0.25, 0.3) is 0 Å². The van der Waals surface area contributed by atoms with Gasteiger partial charge in [0.2, 0.25) is 0 Å². The summed E-state index contributed by atoms with van der Waals surface area (Å²) in [5, 5.41) is 3.29.